The zero-order valence-electron chi connectivity index (χ0n) is 15.4. The Morgan fingerprint density at radius 3 is 2.59 bits per heavy atom. The summed E-state index contributed by atoms with van der Waals surface area (Å²) in [5, 5.41) is 0. The molecule has 0 spiro atoms. The third-order valence-electron chi connectivity index (χ3n) is 5.46. The molecule has 0 saturated carbocycles. The minimum absolute atomic E-state index is 0.0201. The van der Waals surface area contributed by atoms with Crippen LogP contribution in [0.1, 0.15) is 32.6 Å². The lowest BCUT2D eigenvalue weighted by molar-refractivity contribution is -0.149. The van der Waals surface area contributed by atoms with Crippen LogP contribution < -0.4 is 4.74 Å². The summed E-state index contributed by atoms with van der Waals surface area (Å²) < 4.78 is 32.4. The second kappa shape index (κ2) is 7.66. The fourth-order valence-electron chi connectivity index (χ4n) is 3.92. The van der Waals surface area contributed by atoms with E-state index in [2.05, 4.69) is 6.58 Å². The minimum Gasteiger partial charge on any atom is -0.487 e. The van der Waals surface area contributed by atoms with E-state index >= 15 is 0 Å². The summed E-state index contributed by atoms with van der Waals surface area (Å²) in [5.41, 5.74) is -0.845. The maximum atomic E-state index is 13.7. The topological polar surface area (TPSA) is 49.9 Å². The van der Waals surface area contributed by atoms with Crippen LogP contribution in [0.25, 0.3) is 0 Å². The molecule has 2 aliphatic heterocycles. The summed E-state index contributed by atoms with van der Waals surface area (Å²) in [6, 6.07) is 3.23. The first-order valence-electron chi connectivity index (χ1n) is 9.20. The van der Waals surface area contributed by atoms with Gasteiger partial charge in [-0.25, -0.2) is 8.78 Å². The monoisotopic (exact) mass is 378 g/mol. The standard InChI is InChI=1S/C20H24F2N2O3/c1-3-18(25)24-10-4-9-20(24,2)19(26)23-11-7-15(8-12-23)27-17-6-5-14(21)13-16(17)22/h3,5-6,13,15H,1,4,7-12H2,2H3. The summed E-state index contributed by atoms with van der Waals surface area (Å²) in [6.07, 6.45) is 3.51. The number of amides is 2. The fraction of sp³-hybridized carbons (Fsp3) is 0.500. The molecule has 2 fully saturated rings. The number of piperidine rings is 1. The molecule has 146 valence electrons. The SMILES string of the molecule is C=CC(=O)N1CCCC1(C)C(=O)N1CCC(Oc2ccc(F)cc2F)CC1. The van der Waals surface area contributed by atoms with Crippen LogP contribution in [0, 0.1) is 11.6 Å². The van der Waals surface area contributed by atoms with Gasteiger partial charge in [0.25, 0.3) is 0 Å². The molecule has 5 nitrogen and oxygen atoms in total. The van der Waals surface area contributed by atoms with Crippen molar-refractivity contribution in [3.63, 3.8) is 0 Å². The summed E-state index contributed by atoms with van der Waals surface area (Å²) in [6.45, 7) is 6.82. The molecule has 2 heterocycles. The highest BCUT2D eigenvalue weighted by Crippen LogP contribution is 2.32. The van der Waals surface area contributed by atoms with Gasteiger partial charge >= 0.3 is 0 Å². The Balaban J connectivity index is 1.60. The van der Waals surface area contributed by atoms with Crippen LogP contribution in [-0.2, 0) is 9.59 Å². The van der Waals surface area contributed by atoms with Crippen molar-refractivity contribution in [2.45, 2.75) is 44.2 Å². The van der Waals surface area contributed by atoms with Crippen molar-refractivity contribution in [3.8, 4) is 5.75 Å². The predicted octanol–water partition coefficient (Wildman–Crippen LogP) is 2.90. The van der Waals surface area contributed by atoms with Crippen molar-refractivity contribution in [3.05, 3.63) is 42.5 Å². The second-order valence-electron chi connectivity index (χ2n) is 7.26. The zero-order chi connectivity index (χ0) is 19.6. The number of ether oxygens (including phenoxy) is 1. The quantitative estimate of drug-likeness (QED) is 0.757. The molecule has 0 aliphatic carbocycles. The third kappa shape index (κ3) is 3.82. The number of likely N-dealkylation sites (tertiary alicyclic amines) is 2. The molecule has 3 rings (SSSR count). The summed E-state index contributed by atoms with van der Waals surface area (Å²) >= 11 is 0. The number of carbonyl (C=O) groups excluding carboxylic acids is 2. The van der Waals surface area contributed by atoms with E-state index in [9.17, 15) is 18.4 Å². The molecule has 1 unspecified atom stereocenters. The van der Waals surface area contributed by atoms with Gasteiger partial charge in [0.1, 0.15) is 17.5 Å². The number of hydrogen-bond donors (Lipinski definition) is 0. The second-order valence-corrected chi connectivity index (χ2v) is 7.26. The van der Waals surface area contributed by atoms with Crippen molar-refractivity contribution in [1.29, 1.82) is 0 Å². The maximum absolute atomic E-state index is 13.7. The van der Waals surface area contributed by atoms with E-state index in [1.807, 2.05) is 0 Å². The van der Waals surface area contributed by atoms with E-state index in [1.54, 1.807) is 16.7 Å². The highest BCUT2D eigenvalue weighted by atomic mass is 19.1. The van der Waals surface area contributed by atoms with Crippen LogP contribution >= 0.6 is 0 Å². The molecule has 2 amide bonds. The number of benzene rings is 1. The zero-order valence-corrected chi connectivity index (χ0v) is 15.4. The molecule has 0 radical (unpaired) electrons. The Hall–Kier alpha value is -2.44. The van der Waals surface area contributed by atoms with Crippen LogP contribution in [0.3, 0.4) is 0 Å². The maximum Gasteiger partial charge on any atom is 0.248 e. The first-order chi connectivity index (χ1) is 12.8. The molecule has 0 bridgehead atoms. The largest absolute Gasteiger partial charge is 0.487 e. The van der Waals surface area contributed by atoms with Gasteiger partial charge < -0.3 is 14.5 Å². The van der Waals surface area contributed by atoms with E-state index in [1.165, 1.54) is 12.1 Å². The molecule has 7 heteroatoms. The van der Waals surface area contributed by atoms with Crippen LogP contribution in [0.5, 0.6) is 5.75 Å². The molecule has 1 aromatic carbocycles. The van der Waals surface area contributed by atoms with Crippen molar-refractivity contribution < 1.29 is 23.1 Å². The van der Waals surface area contributed by atoms with Gasteiger partial charge in [-0.15, -0.1) is 0 Å². The Morgan fingerprint density at radius 2 is 1.96 bits per heavy atom. The minimum atomic E-state index is -0.845. The molecule has 2 aliphatic rings. The lowest BCUT2D eigenvalue weighted by Gasteiger charge is -2.40. The highest BCUT2D eigenvalue weighted by Gasteiger charge is 2.47. The summed E-state index contributed by atoms with van der Waals surface area (Å²) in [5.74, 6) is -1.66. The van der Waals surface area contributed by atoms with Crippen LogP contribution in [-0.4, -0.2) is 52.9 Å². The predicted molar refractivity (Wildman–Crippen MR) is 96.1 cm³/mol. The third-order valence-corrected chi connectivity index (χ3v) is 5.46. The fourth-order valence-corrected chi connectivity index (χ4v) is 3.92. The van der Waals surface area contributed by atoms with Gasteiger partial charge in [-0.05, 0) is 38.0 Å². The van der Waals surface area contributed by atoms with Crippen LogP contribution in [0.4, 0.5) is 8.78 Å². The smallest absolute Gasteiger partial charge is 0.248 e. The highest BCUT2D eigenvalue weighted by molar-refractivity contribution is 5.95. The van der Waals surface area contributed by atoms with Gasteiger partial charge in [0.05, 0.1) is 0 Å². The van der Waals surface area contributed by atoms with Gasteiger partial charge in [0.15, 0.2) is 11.6 Å². The first kappa shape index (κ1) is 19.3. The Kier molecular flexibility index (Phi) is 5.48. The molecule has 0 aromatic heterocycles. The normalized spacial score (nSPS) is 23.4. The van der Waals surface area contributed by atoms with E-state index in [4.69, 9.17) is 4.74 Å². The molecule has 27 heavy (non-hydrogen) atoms. The average Bonchev–Trinajstić information content (AvgIpc) is 3.06. The van der Waals surface area contributed by atoms with E-state index in [0.29, 0.717) is 38.9 Å². The van der Waals surface area contributed by atoms with E-state index < -0.39 is 17.2 Å². The van der Waals surface area contributed by atoms with Gasteiger partial charge in [0.2, 0.25) is 11.8 Å². The lowest BCUT2D eigenvalue weighted by atomic mass is 9.95. The van der Waals surface area contributed by atoms with Crippen molar-refractivity contribution in [2.24, 2.45) is 0 Å². The number of halogens is 2. The van der Waals surface area contributed by atoms with Crippen molar-refractivity contribution >= 4 is 11.8 Å². The Labute approximate surface area is 157 Å². The Morgan fingerprint density at radius 1 is 1.26 bits per heavy atom. The lowest BCUT2D eigenvalue weighted by Crippen LogP contribution is -2.58. The average molecular weight is 378 g/mol. The number of carbonyl (C=O) groups is 2. The van der Waals surface area contributed by atoms with Crippen LogP contribution in [0.15, 0.2) is 30.9 Å². The van der Waals surface area contributed by atoms with Gasteiger partial charge in [-0.1, -0.05) is 6.58 Å². The summed E-state index contributed by atoms with van der Waals surface area (Å²) in [4.78, 5) is 28.5. The molecule has 1 atom stereocenters. The van der Waals surface area contributed by atoms with Crippen molar-refractivity contribution in [1.82, 2.24) is 9.80 Å². The molecular formula is C20H24F2N2O3. The van der Waals surface area contributed by atoms with E-state index in [0.717, 1.165) is 18.6 Å². The molecule has 1 aromatic rings. The van der Waals surface area contributed by atoms with Crippen molar-refractivity contribution in [2.75, 3.05) is 19.6 Å². The molecular weight excluding hydrogens is 354 g/mol. The number of nitrogens with zero attached hydrogens (tertiary/aromatic N) is 2. The number of hydrogen-bond acceptors (Lipinski definition) is 3. The van der Waals surface area contributed by atoms with Gasteiger partial charge in [0, 0.05) is 38.5 Å². The Bertz CT molecular complexity index is 747. The molecule has 0 N–H and O–H groups in total. The molecule has 2 saturated heterocycles. The van der Waals surface area contributed by atoms with Gasteiger partial charge in [-0.3, -0.25) is 9.59 Å². The number of rotatable bonds is 4. The first-order valence-corrected chi connectivity index (χ1v) is 9.20. The van der Waals surface area contributed by atoms with E-state index in [-0.39, 0.29) is 23.7 Å². The van der Waals surface area contributed by atoms with Gasteiger partial charge in [-0.2, -0.15) is 0 Å². The van der Waals surface area contributed by atoms with Crippen LogP contribution in [0.2, 0.25) is 0 Å². The summed E-state index contributed by atoms with van der Waals surface area (Å²) in [7, 11) is 0.